The van der Waals surface area contributed by atoms with Crippen molar-refractivity contribution in [2.24, 2.45) is 0 Å². The molecule has 1 unspecified atom stereocenters. The van der Waals surface area contributed by atoms with Crippen LogP contribution in [0, 0.1) is 0 Å². The van der Waals surface area contributed by atoms with E-state index in [4.69, 9.17) is 4.74 Å². The van der Waals surface area contributed by atoms with Crippen molar-refractivity contribution >= 4 is 11.7 Å². The fourth-order valence-corrected chi connectivity index (χ4v) is 2.95. The highest BCUT2D eigenvalue weighted by atomic mass is 16.5. The Morgan fingerprint density at radius 2 is 1.57 bits per heavy atom. The fourth-order valence-electron chi connectivity index (χ4n) is 2.95. The van der Waals surface area contributed by atoms with E-state index in [1.165, 1.54) is 0 Å². The monoisotopic (exact) mass is 382 g/mol. The van der Waals surface area contributed by atoms with Crippen LogP contribution in [-0.2, 0) is 10.2 Å². The van der Waals surface area contributed by atoms with Gasteiger partial charge >= 0.3 is 0 Å². The Bertz CT molecular complexity index is 803. The topological polar surface area (TPSA) is 58.6 Å². The lowest BCUT2D eigenvalue weighted by atomic mass is 9.86. The molecule has 2 aromatic carbocycles. The molecule has 1 amide bonds. The molecule has 1 N–H and O–H groups in total. The van der Waals surface area contributed by atoms with E-state index in [-0.39, 0.29) is 11.5 Å². The summed E-state index contributed by atoms with van der Waals surface area (Å²) in [5.41, 5.74) is 2.56. The summed E-state index contributed by atoms with van der Waals surface area (Å²) < 4.78 is 5.19. The van der Waals surface area contributed by atoms with Gasteiger partial charge in [-0.2, -0.15) is 0 Å². The van der Waals surface area contributed by atoms with Crippen molar-refractivity contribution in [2.45, 2.75) is 32.2 Å². The second-order valence-electron chi connectivity index (χ2n) is 8.12. The second-order valence-corrected chi connectivity index (χ2v) is 8.12. The smallest absolute Gasteiger partial charge is 0.292 e. The zero-order valence-corrected chi connectivity index (χ0v) is 17.6. The summed E-state index contributed by atoms with van der Waals surface area (Å²) in [4.78, 5) is 26.9. The first-order valence-corrected chi connectivity index (χ1v) is 9.37. The second kappa shape index (κ2) is 9.02. The molecule has 0 aliphatic carbocycles. The van der Waals surface area contributed by atoms with Crippen LogP contribution in [0.15, 0.2) is 48.5 Å². The van der Waals surface area contributed by atoms with Gasteiger partial charge in [0.05, 0.1) is 13.2 Å². The molecule has 0 bridgehead atoms. The Labute approximate surface area is 167 Å². The lowest BCUT2D eigenvalue weighted by Crippen LogP contribution is -2.38. The lowest BCUT2D eigenvalue weighted by molar-refractivity contribution is -0.117. The summed E-state index contributed by atoms with van der Waals surface area (Å²) in [7, 11) is 5.50. The lowest BCUT2D eigenvalue weighted by Gasteiger charge is -2.25. The van der Waals surface area contributed by atoms with Gasteiger partial charge in [0.15, 0.2) is 0 Å². The third kappa shape index (κ3) is 5.42. The predicted octanol–water partition coefficient (Wildman–Crippen LogP) is 3.59. The molecule has 0 radical (unpaired) electrons. The number of benzene rings is 2. The molecule has 150 valence electrons. The number of carbonyl (C=O) groups is 2. The van der Waals surface area contributed by atoms with Crippen molar-refractivity contribution in [2.75, 3.05) is 27.7 Å². The summed E-state index contributed by atoms with van der Waals surface area (Å²) in [6.07, 6.45) is 0. The summed E-state index contributed by atoms with van der Waals surface area (Å²) in [5.74, 6) is -0.337. The molecule has 5 nitrogen and oxygen atoms in total. The Kier molecular flexibility index (Phi) is 6.97. The van der Waals surface area contributed by atoms with Crippen LogP contribution in [-0.4, -0.2) is 44.3 Å². The quantitative estimate of drug-likeness (QED) is 0.587. The average molecular weight is 383 g/mol. The minimum absolute atomic E-state index is 0.00112. The molecule has 0 saturated carbocycles. The first-order chi connectivity index (χ1) is 13.1. The van der Waals surface area contributed by atoms with E-state index in [1.807, 2.05) is 55.4 Å². The Morgan fingerprint density at radius 3 is 2.04 bits per heavy atom. The third-order valence-corrected chi connectivity index (χ3v) is 4.80. The molecule has 5 heteroatoms. The summed E-state index contributed by atoms with van der Waals surface area (Å²) in [5, 5.41) is 2.77. The van der Waals surface area contributed by atoms with Gasteiger partial charge in [0, 0.05) is 12.1 Å². The van der Waals surface area contributed by atoms with Crippen LogP contribution in [0.5, 0.6) is 5.75 Å². The molecule has 0 spiro atoms. The van der Waals surface area contributed by atoms with Crippen LogP contribution in [0.4, 0.5) is 0 Å². The van der Waals surface area contributed by atoms with E-state index in [2.05, 4.69) is 26.1 Å². The first kappa shape index (κ1) is 21.6. The van der Waals surface area contributed by atoms with Gasteiger partial charge < -0.3 is 15.0 Å². The van der Waals surface area contributed by atoms with Crippen molar-refractivity contribution in [3.8, 4) is 5.75 Å². The van der Waals surface area contributed by atoms with Crippen molar-refractivity contribution in [1.29, 1.82) is 0 Å². The normalized spacial score (nSPS) is 12.5. The Morgan fingerprint density at radius 1 is 1.00 bits per heavy atom. The minimum Gasteiger partial charge on any atom is -0.497 e. The summed E-state index contributed by atoms with van der Waals surface area (Å²) >= 11 is 0. The molecule has 0 aromatic heterocycles. The van der Waals surface area contributed by atoms with E-state index >= 15 is 0 Å². The molecule has 0 saturated heterocycles. The molecular weight excluding hydrogens is 352 g/mol. The minimum atomic E-state index is -0.594. The number of methoxy groups -OCH3 is 1. The molecular formula is C23H30N2O3. The molecule has 1 atom stereocenters. The predicted molar refractivity (Wildman–Crippen MR) is 112 cm³/mol. The number of nitrogens with one attached hydrogen (secondary N) is 1. The van der Waals surface area contributed by atoms with Crippen molar-refractivity contribution in [3.63, 3.8) is 0 Å². The molecule has 2 aromatic rings. The van der Waals surface area contributed by atoms with Crippen molar-refractivity contribution in [1.82, 2.24) is 10.2 Å². The number of Topliss-reactive ketones (excluding diaryl/α,β-unsaturated/α-hetero) is 1. The number of carbonyl (C=O) groups excluding carboxylic acids is 2. The van der Waals surface area contributed by atoms with Crippen molar-refractivity contribution in [3.05, 3.63) is 65.2 Å². The van der Waals surface area contributed by atoms with Crippen LogP contribution < -0.4 is 10.1 Å². The molecule has 2 rings (SSSR count). The molecule has 0 aliphatic heterocycles. The van der Waals surface area contributed by atoms with Gasteiger partial charge in [-0.15, -0.1) is 0 Å². The number of amides is 1. The Balaban J connectivity index is 2.04. The highest BCUT2D eigenvalue weighted by molar-refractivity contribution is 6.42. The number of ketones is 1. The van der Waals surface area contributed by atoms with Crippen molar-refractivity contribution < 1.29 is 14.3 Å². The molecule has 0 fully saturated rings. The maximum Gasteiger partial charge on any atom is 0.292 e. The van der Waals surface area contributed by atoms with E-state index < -0.39 is 11.7 Å². The standard InChI is InChI=1S/C23H30N2O3/c1-23(2,3)18-11-7-17(8-12-18)21(26)22(27)24-15-20(25(4)5)16-9-13-19(28-6)14-10-16/h7-14,20H,15H2,1-6H3,(H,24,27). The third-order valence-electron chi connectivity index (χ3n) is 4.80. The highest BCUT2D eigenvalue weighted by Gasteiger charge is 2.21. The van der Waals surface area contributed by atoms with E-state index in [1.54, 1.807) is 19.2 Å². The Hall–Kier alpha value is -2.66. The number of nitrogens with zero attached hydrogens (tertiary/aromatic N) is 1. The highest BCUT2D eigenvalue weighted by Crippen LogP contribution is 2.23. The van der Waals surface area contributed by atoms with Gasteiger partial charge in [0.2, 0.25) is 5.78 Å². The van der Waals surface area contributed by atoms with Gasteiger partial charge in [-0.1, -0.05) is 57.2 Å². The zero-order valence-electron chi connectivity index (χ0n) is 17.6. The van der Waals surface area contributed by atoms with Gasteiger partial charge in [-0.05, 0) is 42.8 Å². The number of likely N-dealkylation sites (N-methyl/N-ethyl adjacent to an activating group) is 1. The maximum absolute atomic E-state index is 12.5. The number of ether oxygens (including phenoxy) is 1. The van der Waals surface area contributed by atoms with Crippen LogP contribution in [0.25, 0.3) is 0 Å². The first-order valence-electron chi connectivity index (χ1n) is 9.37. The summed E-state index contributed by atoms with van der Waals surface area (Å²) in [6.45, 7) is 6.66. The number of hydrogen-bond donors (Lipinski definition) is 1. The van der Waals surface area contributed by atoms with Gasteiger partial charge in [-0.25, -0.2) is 0 Å². The van der Waals surface area contributed by atoms with Crippen LogP contribution in [0.1, 0.15) is 48.3 Å². The number of hydrogen-bond acceptors (Lipinski definition) is 4. The van der Waals surface area contributed by atoms with Gasteiger partial charge in [0.1, 0.15) is 5.75 Å². The van der Waals surface area contributed by atoms with Crippen LogP contribution in [0.3, 0.4) is 0 Å². The van der Waals surface area contributed by atoms with E-state index in [0.717, 1.165) is 16.9 Å². The number of rotatable bonds is 7. The van der Waals surface area contributed by atoms with Crippen LogP contribution >= 0.6 is 0 Å². The van der Waals surface area contributed by atoms with Gasteiger partial charge in [0.25, 0.3) is 5.91 Å². The largest absolute Gasteiger partial charge is 0.497 e. The van der Waals surface area contributed by atoms with E-state index in [9.17, 15) is 9.59 Å². The SMILES string of the molecule is COc1ccc(C(CNC(=O)C(=O)c2ccc(C(C)(C)C)cc2)N(C)C)cc1. The molecule has 0 heterocycles. The summed E-state index contributed by atoms with van der Waals surface area (Å²) in [6, 6.07) is 14.9. The molecule has 0 aliphatic rings. The zero-order chi connectivity index (χ0) is 20.9. The average Bonchev–Trinajstić information content (AvgIpc) is 2.67. The van der Waals surface area contributed by atoms with E-state index in [0.29, 0.717) is 12.1 Å². The fraction of sp³-hybridized carbons (Fsp3) is 0.391. The van der Waals surface area contributed by atoms with Crippen LogP contribution in [0.2, 0.25) is 0 Å². The van der Waals surface area contributed by atoms with Gasteiger partial charge in [-0.3, -0.25) is 9.59 Å². The maximum atomic E-state index is 12.5. The molecule has 28 heavy (non-hydrogen) atoms.